The summed E-state index contributed by atoms with van der Waals surface area (Å²) in [5.41, 5.74) is 6.68. The quantitative estimate of drug-likeness (QED) is 0.274. The van der Waals surface area contributed by atoms with Crippen molar-refractivity contribution in [2.24, 2.45) is 5.10 Å². The van der Waals surface area contributed by atoms with Crippen molar-refractivity contribution in [2.45, 2.75) is 27.4 Å². The first-order chi connectivity index (χ1) is 15.9. The molecule has 172 valence electrons. The van der Waals surface area contributed by atoms with Crippen LogP contribution < -0.4 is 20.2 Å². The van der Waals surface area contributed by atoms with Gasteiger partial charge in [0, 0.05) is 21.3 Å². The number of carbonyl (C=O) groups excluding carboxylic acids is 1. The molecule has 3 aromatic rings. The van der Waals surface area contributed by atoms with E-state index >= 15 is 0 Å². The summed E-state index contributed by atoms with van der Waals surface area (Å²) >= 11 is 12.2. The first kappa shape index (κ1) is 24.4. The maximum Gasteiger partial charge on any atom is 0.339 e. The Morgan fingerprint density at radius 1 is 1.00 bits per heavy atom. The number of nitrogens with zero attached hydrogens (tertiary/aromatic N) is 1. The standard InChI is InChI=1S/C25H25Cl2N3O3/c1-4-32-22-9-7-21(8-10-22)29-25(31)30-28-14-18-11-16(2)24(17(3)12-18)33-15-19-5-6-20(26)13-23(19)27/h5-14H,4,15H2,1-3H3,(H2,29,30,31)/b28-14-. The molecule has 0 heterocycles. The average molecular weight is 486 g/mol. The minimum atomic E-state index is -0.441. The number of hydrogen-bond acceptors (Lipinski definition) is 4. The van der Waals surface area contributed by atoms with Crippen molar-refractivity contribution in [1.29, 1.82) is 0 Å². The second kappa shape index (κ2) is 11.6. The highest BCUT2D eigenvalue weighted by molar-refractivity contribution is 6.35. The fraction of sp³-hybridized carbons (Fsp3) is 0.200. The fourth-order valence-corrected chi connectivity index (χ4v) is 3.66. The lowest BCUT2D eigenvalue weighted by molar-refractivity contribution is 0.252. The molecule has 3 aromatic carbocycles. The number of urea groups is 1. The molecule has 0 fully saturated rings. The van der Waals surface area contributed by atoms with Crippen molar-refractivity contribution in [3.8, 4) is 11.5 Å². The van der Waals surface area contributed by atoms with E-state index in [0.717, 1.165) is 33.8 Å². The van der Waals surface area contributed by atoms with Crippen LogP contribution in [-0.4, -0.2) is 18.9 Å². The molecule has 0 saturated heterocycles. The van der Waals surface area contributed by atoms with Gasteiger partial charge in [0.2, 0.25) is 0 Å². The summed E-state index contributed by atoms with van der Waals surface area (Å²) in [5, 5.41) is 7.89. The number of nitrogens with one attached hydrogen (secondary N) is 2. The molecule has 8 heteroatoms. The second-order valence-electron chi connectivity index (χ2n) is 7.29. The third-order valence-corrected chi connectivity index (χ3v) is 5.26. The van der Waals surface area contributed by atoms with Gasteiger partial charge in [-0.2, -0.15) is 5.10 Å². The zero-order valence-electron chi connectivity index (χ0n) is 18.6. The minimum Gasteiger partial charge on any atom is -0.494 e. The lowest BCUT2D eigenvalue weighted by Gasteiger charge is -2.14. The molecule has 2 N–H and O–H groups in total. The Morgan fingerprint density at radius 2 is 1.70 bits per heavy atom. The third-order valence-electron chi connectivity index (χ3n) is 4.67. The summed E-state index contributed by atoms with van der Waals surface area (Å²) in [6.07, 6.45) is 1.58. The van der Waals surface area contributed by atoms with Crippen LogP contribution in [0.5, 0.6) is 11.5 Å². The molecule has 0 saturated carbocycles. The summed E-state index contributed by atoms with van der Waals surface area (Å²) in [6, 6.07) is 15.8. The van der Waals surface area contributed by atoms with Crippen LogP contribution in [0.2, 0.25) is 10.0 Å². The molecule has 0 aliphatic rings. The van der Waals surface area contributed by atoms with E-state index in [1.807, 2.05) is 39.0 Å². The minimum absolute atomic E-state index is 0.332. The van der Waals surface area contributed by atoms with E-state index in [-0.39, 0.29) is 0 Å². The summed E-state index contributed by atoms with van der Waals surface area (Å²) in [6.45, 7) is 6.74. The summed E-state index contributed by atoms with van der Waals surface area (Å²) in [5.74, 6) is 1.52. The van der Waals surface area contributed by atoms with E-state index in [0.29, 0.717) is 28.9 Å². The van der Waals surface area contributed by atoms with Crippen LogP contribution in [0.4, 0.5) is 10.5 Å². The monoisotopic (exact) mass is 485 g/mol. The number of amides is 2. The maximum absolute atomic E-state index is 12.1. The Hall–Kier alpha value is -3.22. The Labute approximate surface area is 203 Å². The highest BCUT2D eigenvalue weighted by atomic mass is 35.5. The van der Waals surface area contributed by atoms with Gasteiger partial charge in [-0.05, 0) is 86.0 Å². The molecule has 0 atom stereocenters. The number of carbonyl (C=O) groups is 1. The van der Waals surface area contributed by atoms with Crippen LogP contribution in [-0.2, 0) is 6.61 Å². The van der Waals surface area contributed by atoms with Crippen LogP contribution in [0, 0.1) is 13.8 Å². The maximum atomic E-state index is 12.1. The van der Waals surface area contributed by atoms with Gasteiger partial charge in [-0.15, -0.1) is 0 Å². The first-order valence-electron chi connectivity index (χ1n) is 10.4. The molecule has 33 heavy (non-hydrogen) atoms. The van der Waals surface area contributed by atoms with Crippen LogP contribution in [0.25, 0.3) is 0 Å². The van der Waals surface area contributed by atoms with Crippen molar-refractivity contribution in [2.75, 3.05) is 11.9 Å². The molecule has 0 aromatic heterocycles. The van der Waals surface area contributed by atoms with Gasteiger partial charge in [0.15, 0.2) is 0 Å². The fourth-order valence-electron chi connectivity index (χ4n) is 3.20. The molecule has 6 nitrogen and oxygen atoms in total. The van der Waals surface area contributed by atoms with Crippen LogP contribution in [0.3, 0.4) is 0 Å². The normalized spacial score (nSPS) is 10.8. The number of hydrazone groups is 1. The zero-order valence-corrected chi connectivity index (χ0v) is 20.1. The van der Waals surface area contributed by atoms with Crippen LogP contribution >= 0.6 is 23.2 Å². The van der Waals surface area contributed by atoms with Crippen molar-refractivity contribution in [3.05, 3.63) is 86.9 Å². The average Bonchev–Trinajstić information content (AvgIpc) is 2.76. The first-order valence-corrected chi connectivity index (χ1v) is 11.1. The molecular weight excluding hydrogens is 461 g/mol. The molecule has 0 unspecified atom stereocenters. The molecule has 0 aliphatic heterocycles. The van der Waals surface area contributed by atoms with Gasteiger partial charge in [0.25, 0.3) is 0 Å². The number of benzene rings is 3. The lowest BCUT2D eigenvalue weighted by Crippen LogP contribution is -2.24. The SMILES string of the molecule is CCOc1ccc(NC(=O)N/N=C\c2cc(C)c(OCc3ccc(Cl)cc3Cl)c(C)c2)cc1. The van der Waals surface area contributed by atoms with Gasteiger partial charge in [0.1, 0.15) is 18.1 Å². The van der Waals surface area contributed by atoms with Gasteiger partial charge >= 0.3 is 6.03 Å². The Kier molecular flexibility index (Phi) is 8.58. The number of ether oxygens (including phenoxy) is 2. The van der Waals surface area contributed by atoms with Crippen LogP contribution in [0.1, 0.15) is 29.2 Å². The molecule has 0 bridgehead atoms. The van der Waals surface area contributed by atoms with Gasteiger partial charge in [-0.25, -0.2) is 10.2 Å². The molecule has 0 spiro atoms. The van der Waals surface area contributed by atoms with Gasteiger partial charge < -0.3 is 14.8 Å². The predicted molar refractivity (Wildman–Crippen MR) is 134 cm³/mol. The number of aryl methyl sites for hydroxylation is 2. The van der Waals surface area contributed by atoms with Crippen molar-refractivity contribution in [1.82, 2.24) is 5.43 Å². The molecule has 2 amide bonds. The van der Waals surface area contributed by atoms with E-state index in [9.17, 15) is 4.79 Å². The van der Waals surface area contributed by atoms with E-state index < -0.39 is 6.03 Å². The number of rotatable bonds is 8. The largest absolute Gasteiger partial charge is 0.494 e. The van der Waals surface area contributed by atoms with Gasteiger partial charge in [-0.1, -0.05) is 29.3 Å². The van der Waals surface area contributed by atoms with Gasteiger partial charge in [0.05, 0.1) is 12.8 Å². The third kappa shape index (κ3) is 7.14. The molecular formula is C25H25Cl2N3O3. The van der Waals surface area contributed by atoms with E-state index in [1.54, 1.807) is 42.6 Å². The number of anilines is 1. The van der Waals surface area contributed by atoms with E-state index in [4.69, 9.17) is 32.7 Å². The summed E-state index contributed by atoms with van der Waals surface area (Å²) < 4.78 is 11.4. The predicted octanol–water partition coefficient (Wildman–Crippen LogP) is 6.74. The number of halogens is 2. The van der Waals surface area contributed by atoms with Crippen LogP contribution in [0.15, 0.2) is 59.7 Å². The van der Waals surface area contributed by atoms with E-state index in [1.165, 1.54) is 0 Å². The zero-order chi connectivity index (χ0) is 23.8. The highest BCUT2D eigenvalue weighted by Crippen LogP contribution is 2.27. The van der Waals surface area contributed by atoms with Gasteiger partial charge in [-0.3, -0.25) is 0 Å². The summed E-state index contributed by atoms with van der Waals surface area (Å²) in [7, 11) is 0. The Morgan fingerprint density at radius 3 is 2.33 bits per heavy atom. The summed E-state index contributed by atoms with van der Waals surface area (Å²) in [4.78, 5) is 12.1. The highest BCUT2D eigenvalue weighted by Gasteiger charge is 2.09. The van der Waals surface area contributed by atoms with Crippen molar-refractivity contribution < 1.29 is 14.3 Å². The van der Waals surface area contributed by atoms with Crippen molar-refractivity contribution in [3.63, 3.8) is 0 Å². The second-order valence-corrected chi connectivity index (χ2v) is 8.13. The molecule has 0 radical (unpaired) electrons. The molecule has 0 aliphatic carbocycles. The van der Waals surface area contributed by atoms with Crippen molar-refractivity contribution >= 4 is 41.1 Å². The smallest absolute Gasteiger partial charge is 0.339 e. The Bertz CT molecular complexity index is 1130. The Balaban J connectivity index is 1.57. The topological polar surface area (TPSA) is 72.0 Å². The van der Waals surface area contributed by atoms with E-state index in [2.05, 4.69) is 15.8 Å². The number of hydrogen-bond donors (Lipinski definition) is 2. The molecule has 3 rings (SSSR count). The lowest BCUT2D eigenvalue weighted by atomic mass is 10.1.